The Morgan fingerprint density at radius 2 is 1.73 bits per heavy atom. The van der Waals surface area contributed by atoms with Crippen molar-refractivity contribution < 1.29 is 14.0 Å². The van der Waals surface area contributed by atoms with Crippen molar-refractivity contribution >= 4 is 22.7 Å². The van der Waals surface area contributed by atoms with Crippen LogP contribution in [0.3, 0.4) is 0 Å². The van der Waals surface area contributed by atoms with Gasteiger partial charge in [0.2, 0.25) is 5.91 Å². The van der Waals surface area contributed by atoms with Crippen LogP contribution in [0.1, 0.15) is 68.1 Å². The number of amides is 2. The maximum atomic E-state index is 14.4. The standard InChI is InChI=1S/C30H34N4O3/c1-30(29(36)31-22-12-5-3-2-4-6-13-22)21-33-25-16-8-7-15-24(25)26(32-17-9-10-18-32)27(33)28(35)34(30)20-23-14-11-19-37-23/h7-11,14-19,22H,2-6,12-13,20-21H2,1H3,(H,31,36)/t30-/m1/s1. The van der Waals surface area contributed by atoms with E-state index < -0.39 is 5.54 Å². The summed E-state index contributed by atoms with van der Waals surface area (Å²) in [6.07, 6.45) is 13.5. The van der Waals surface area contributed by atoms with E-state index in [9.17, 15) is 9.59 Å². The molecule has 0 unspecified atom stereocenters. The molecule has 1 aliphatic carbocycles. The van der Waals surface area contributed by atoms with Gasteiger partial charge in [-0.15, -0.1) is 0 Å². The Kier molecular flexibility index (Phi) is 6.14. The van der Waals surface area contributed by atoms with Gasteiger partial charge < -0.3 is 23.8 Å². The summed E-state index contributed by atoms with van der Waals surface area (Å²) < 4.78 is 9.69. The predicted octanol–water partition coefficient (Wildman–Crippen LogP) is 5.67. The largest absolute Gasteiger partial charge is 0.467 e. The van der Waals surface area contributed by atoms with E-state index in [0.717, 1.165) is 42.3 Å². The number of nitrogens with zero attached hydrogens (tertiary/aromatic N) is 3. The number of hydrogen-bond acceptors (Lipinski definition) is 3. The van der Waals surface area contributed by atoms with Gasteiger partial charge in [0.15, 0.2) is 0 Å². The molecule has 2 amide bonds. The molecule has 3 aromatic heterocycles. The molecule has 0 saturated heterocycles. The number of fused-ring (bicyclic) bond motifs is 3. The molecule has 7 heteroatoms. The molecule has 1 aromatic carbocycles. The zero-order valence-corrected chi connectivity index (χ0v) is 21.4. The number of nitrogens with one attached hydrogen (secondary N) is 1. The van der Waals surface area contributed by atoms with Crippen molar-refractivity contribution in [3.63, 3.8) is 0 Å². The minimum absolute atomic E-state index is 0.0936. The van der Waals surface area contributed by atoms with Crippen molar-refractivity contribution in [2.75, 3.05) is 0 Å². The van der Waals surface area contributed by atoms with Crippen LogP contribution in [0.2, 0.25) is 0 Å². The molecule has 6 rings (SSSR count). The Morgan fingerprint density at radius 1 is 1.00 bits per heavy atom. The number of aromatic nitrogens is 2. The monoisotopic (exact) mass is 498 g/mol. The summed E-state index contributed by atoms with van der Waals surface area (Å²) in [7, 11) is 0. The van der Waals surface area contributed by atoms with Crippen molar-refractivity contribution in [2.45, 2.75) is 76.5 Å². The summed E-state index contributed by atoms with van der Waals surface area (Å²) in [4.78, 5) is 30.2. The molecule has 0 radical (unpaired) electrons. The van der Waals surface area contributed by atoms with E-state index in [-0.39, 0.29) is 24.4 Å². The van der Waals surface area contributed by atoms with Crippen LogP contribution in [-0.2, 0) is 17.9 Å². The lowest BCUT2D eigenvalue weighted by Gasteiger charge is -2.44. The Bertz CT molecular complexity index is 1390. The van der Waals surface area contributed by atoms with E-state index in [4.69, 9.17) is 4.42 Å². The highest BCUT2D eigenvalue weighted by Gasteiger charge is 2.49. The number of benzene rings is 1. The fraction of sp³-hybridized carbons (Fsp3) is 0.400. The third-order valence-corrected chi connectivity index (χ3v) is 8.14. The van der Waals surface area contributed by atoms with Gasteiger partial charge >= 0.3 is 0 Å². The molecule has 1 aliphatic heterocycles. The summed E-state index contributed by atoms with van der Waals surface area (Å²) in [5.74, 6) is 0.396. The highest BCUT2D eigenvalue weighted by molar-refractivity contribution is 6.08. The highest BCUT2D eigenvalue weighted by atomic mass is 16.3. The predicted molar refractivity (Wildman–Crippen MR) is 143 cm³/mol. The van der Waals surface area contributed by atoms with Gasteiger partial charge in [-0.25, -0.2) is 0 Å². The fourth-order valence-electron chi connectivity index (χ4n) is 6.10. The molecule has 0 spiro atoms. The molecule has 1 atom stereocenters. The second kappa shape index (κ2) is 9.61. The average molecular weight is 499 g/mol. The van der Waals surface area contributed by atoms with E-state index in [1.165, 1.54) is 19.3 Å². The zero-order valence-electron chi connectivity index (χ0n) is 21.4. The van der Waals surface area contributed by atoms with Crippen molar-refractivity contribution in [3.05, 3.63) is 78.6 Å². The zero-order chi connectivity index (χ0) is 25.4. The van der Waals surface area contributed by atoms with Crippen LogP contribution in [-0.4, -0.2) is 37.4 Å². The van der Waals surface area contributed by atoms with Crippen molar-refractivity contribution in [1.29, 1.82) is 0 Å². The molecule has 2 aliphatic rings. The molecule has 37 heavy (non-hydrogen) atoms. The lowest BCUT2D eigenvalue weighted by molar-refractivity contribution is -0.134. The number of carbonyl (C=O) groups excluding carboxylic acids is 2. The first-order valence-electron chi connectivity index (χ1n) is 13.5. The van der Waals surface area contributed by atoms with E-state index >= 15 is 0 Å². The number of hydrogen-bond donors (Lipinski definition) is 1. The molecule has 192 valence electrons. The summed E-state index contributed by atoms with van der Waals surface area (Å²) in [5.41, 5.74) is 1.32. The first-order chi connectivity index (χ1) is 18.1. The number of carbonyl (C=O) groups is 2. The van der Waals surface area contributed by atoms with Crippen LogP contribution in [0.25, 0.3) is 16.6 Å². The second-order valence-electron chi connectivity index (χ2n) is 10.7. The molecule has 4 aromatic rings. The second-order valence-corrected chi connectivity index (χ2v) is 10.7. The Balaban J connectivity index is 1.45. The van der Waals surface area contributed by atoms with Crippen LogP contribution >= 0.6 is 0 Å². The smallest absolute Gasteiger partial charge is 0.274 e. The lowest BCUT2D eigenvalue weighted by Crippen LogP contribution is -2.64. The minimum Gasteiger partial charge on any atom is -0.467 e. The third kappa shape index (κ3) is 4.16. The van der Waals surface area contributed by atoms with Gasteiger partial charge in [0.05, 0.1) is 30.6 Å². The van der Waals surface area contributed by atoms with E-state index in [1.54, 1.807) is 11.2 Å². The summed E-state index contributed by atoms with van der Waals surface area (Å²) in [6, 6.07) is 15.8. The fourth-order valence-corrected chi connectivity index (χ4v) is 6.10. The first kappa shape index (κ1) is 23.6. The minimum atomic E-state index is -1.07. The maximum Gasteiger partial charge on any atom is 0.274 e. The molecular weight excluding hydrogens is 464 g/mol. The van der Waals surface area contributed by atoms with Gasteiger partial charge in [-0.3, -0.25) is 9.59 Å². The Hall–Kier alpha value is -3.74. The van der Waals surface area contributed by atoms with Crippen LogP contribution in [0.5, 0.6) is 0 Å². The van der Waals surface area contributed by atoms with E-state index in [0.29, 0.717) is 18.0 Å². The van der Waals surface area contributed by atoms with Crippen molar-refractivity contribution in [3.8, 4) is 5.69 Å². The van der Waals surface area contributed by atoms with Crippen LogP contribution in [0.4, 0.5) is 0 Å². The Morgan fingerprint density at radius 3 is 2.46 bits per heavy atom. The summed E-state index contributed by atoms with van der Waals surface area (Å²) in [5, 5.41) is 4.35. The van der Waals surface area contributed by atoms with Crippen molar-refractivity contribution in [1.82, 2.24) is 19.4 Å². The normalized spacial score (nSPS) is 21.0. The Labute approximate surface area is 217 Å². The van der Waals surface area contributed by atoms with Gasteiger partial charge in [0.1, 0.15) is 17.0 Å². The van der Waals surface area contributed by atoms with Crippen molar-refractivity contribution in [2.24, 2.45) is 0 Å². The van der Waals surface area contributed by atoms with Gasteiger partial charge in [0.25, 0.3) is 5.91 Å². The van der Waals surface area contributed by atoms with Gasteiger partial charge in [-0.2, -0.15) is 0 Å². The van der Waals surface area contributed by atoms with Gasteiger partial charge in [-0.05, 0) is 50.1 Å². The van der Waals surface area contributed by atoms with Crippen LogP contribution in [0.15, 0.2) is 71.6 Å². The quantitative estimate of drug-likeness (QED) is 0.385. The highest BCUT2D eigenvalue weighted by Crippen LogP contribution is 2.38. The topological polar surface area (TPSA) is 72.4 Å². The third-order valence-electron chi connectivity index (χ3n) is 8.14. The average Bonchev–Trinajstić information content (AvgIpc) is 3.64. The number of para-hydroxylation sites is 1. The molecule has 0 bridgehead atoms. The molecular formula is C30H34N4O3. The number of rotatable bonds is 5. The van der Waals surface area contributed by atoms with E-state index in [2.05, 4.69) is 5.32 Å². The lowest BCUT2D eigenvalue weighted by atomic mass is 9.92. The van der Waals surface area contributed by atoms with Crippen LogP contribution in [0, 0.1) is 0 Å². The maximum absolute atomic E-state index is 14.4. The molecule has 1 fully saturated rings. The molecule has 1 saturated carbocycles. The molecule has 7 nitrogen and oxygen atoms in total. The summed E-state index contributed by atoms with van der Waals surface area (Å²) >= 11 is 0. The molecule has 4 heterocycles. The number of furan rings is 1. The van der Waals surface area contributed by atoms with Gasteiger partial charge in [-0.1, -0.05) is 50.3 Å². The van der Waals surface area contributed by atoms with E-state index in [1.807, 2.05) is 77.0 Å². The van der Waals surface area contributed by atoms with Crippen LogP contribution < -0.4 is 5.32 Å². The van der Waals surface area contributed by atoms with Gasteiger partial charge in [0, 0.05) is 23.8 Å². The summed E-state index contributed by atoms with van der Waals surface area (Å²) in [6.45, 7) is 2.50. The SMILES string of the molecule is C[C@]1(C(=O)NC2CCCCCCC2)Cn2c(c(-n3cccc3)c3ccccc32)C(=O)N1Cc1ccco1. The first-order valence-corrected chi connectivity index (χ1v) is 13.5. The molecule has 1 N–H and O–H groups in total.